The van der Waals surface area contributed by atoms with Gasteiger partial charge in [0, 0.05) is 5.38 Å². The lowest BCUT2D eigenvalue weighted by atomic mass is 10.2. The second-order valence-electron chi connectivity index (χ2n) is 4.07. The Morgan fingerprint density at radius 3 is 2.55 bits per heavy atom. The van der Waals surface area contributed by atoms with Crippen LogP contribution in [0.3, 0.4) is 0 Å². The van der Waals surface area contributed by atoms with Crippen LogP contribution in [0.4, 0.5) is 10.1 Å². The molecule has 2 rings (SSSR count). The molecule has 0 aliphatic carbocycles. The molecule has 2 aromatic rings. The maximum Gasteiger partial charge on any atom is 0.345 e. The Morgan fingerprint density at radius 2 is 2.00 bits per heavy atom. The van der Waals surface area contributed by atoms with Gasteiger partial charge < -0.3 is 5.11 Å². The first-order valence-electron chi connectivity index (χ1n) is 5.40. The van der Waals surface area contributed by atoms with E-state index >= 15 is 0 Å². The lowest BCUT2D eigenvalue weighted by Crippen LogP contribution is -2.12. The van der Waals surface area contributed by atoms with Crippen molar-refractivity contribution in [2.45, 2.75) is 11.8 Å². The molecule has 0 spiro atoms. The first-order chi connectivity index (χ1) is 9.28. The summed E-state index contributed by atoms with van der Waals surface area (Å²) in [6, 6.07) is 4.85. The number of hydrogen-bond acceptors (Lipinski definition) is 4. The highest BCUT2D eigenvalue weighted by atomic mass is 32.2. The van der Waals surface area contributed by atoms with Crippen molar-refractivity contribution in [1.29, 1.82) is 0 Å². The highest BCUT2D eigenvalue weighted by molar-refractivity contribution is 7.92. The van der Waals surface area contributed by atoms with Gasteiger partial charge in [0.2, 0.25) is 0 Å². The lowest BCUT2D eigenvalue weighted by molar-refractivity contribution is 0.0702. The summed E-state index contributed by atoms with van der Waals surface area (Å²) in [6.45, 7) is 1.63. The fourth-order valence-corrected chi connectivity index (χ4v) is 3.73. The molecule has 5 nitrogen and oxygen atoms in total. The zero-order valence-electron chi connectivity index (χ0n) is 10.3. The molecule has 106 valence electrons. The van der Waals surface area contributed by atoms with E-state index in [9.17, 15) is 17.6 Å². The number of carbonyl (C=O) groups is 1. The van der Waals surface area contributed by atoms with Gasteiger partial charge in [-0.15, -0.1) is 11.3 Å². The summed E-state index contributed by atoms with van der Waals surface area (Å²) in [4.78, 5) is 10.5. The fourth-order valence-electron chi connectivity index (χ4n) is 1.58. The van der Waals surface area contributed by atoms with Gasteiger partial charge in [0.1, 0.15) is 10.7 Å². The van der Waals surface area contributed by atoms with E-state index in [0.29, 0.717) is 5.56 Å². The van der Waals surface area contributed by atoms with Crippen LogP contribution in [0.1, 0.15) is 15.2 Å². The summed E-state index contributed by atoms with van der Waals surface area (Å²) >= 11 is 0.809. The zero-order valence-corrected chi connectivity index (χ0v) is 11.9. The Hall–Kier alpha value is -1.93. The largest absolute Gasteiger partial charge is 0.477 e. The topological polar surface area (TPSA) is 83.5 Å². The minimum Gasteiger partial charge on any atom is -0.477 e. The summed E-state index contributed by atoms with van der Waals surface area (Å²) in [6.07, 6.45) is 0. The number of aryl methyl sites for hydroxylation is 1. The molecule has 0 atom stereocenters. The third kappa shape index (κ3) is 3.14. The molecule has 0 saturated carbocycles. The second kappa shape index (κ2) is 5.22. The maximum atomic E-state index is 13.2. The van der Waals surface area contributed by atoms with Crippen LogP contribution in [0.5, 0.6) is 0 Å². The van der Waals surface area contributed by atoms with E-state index in [-0.39, 0.29) is 15.5 Å². The molecule has 0 fully saturated rings. The van der Waals surface area contributed by atoms with Gasteiger partial charge in [0.25, 0.3) is 10.0 Å². The molecule has 0 unspecified atom stereocenters. The van der Waals surface area contributed by atoms with E-state index in [0.717, 1.165) is 23.5 Å². The predicted octanol–water partition coefficient (Wildman–Crippen LogP) is 2.69. The Labute approximate surface area is 118 Å². The van der Waals surface area contributed by atoms with Crippen molar-refractivity contribution in [3.05, 3.63) is 45.9 Å². The molecule has 2 N–H and O–H groups in total. The number of nitrogens with one attached hydrogen (secondary N) is 1. The number of thiophene rings is 1. The van der Waals surface area contributed by atoms with E-state index in [1.54, 1.807) is 6.92 Å². The quantitative estimate of drug-likeness (QED) is 0.908. The minimum absolute atomic E-state index is 0.0826. The van der Waals surface area contributed by atoms with Crippen LogP contribution >= 0.6 is 11.3 Å². The van der Waals surface area contributed by atoms with Crippen LogP contribution in [0, 0.1) is 12.7 Å². The summed E-state index contributed by atoms with van der Waals surface area (Å²) < 4.78 is 39.5. The van der Waals surface area contributed by atoms with Gasteiger partial charge in [0.05, 0.1) is 10.6 Å². The zero-order chi connectivity index (χ0) is 14.9. The molecule has 1 aromatic carbocycles. The summed E-state index contributed by atoms with van der Waals surface area (Å²) in [5, 5.41) is 9.99. The standard InChI is InChI=1S/C12H10FNO4S2/c1-7-2-8(13)4-9(3-7)14-20(17,18)10-5-11(12(15)16)19-6-10/h2-6,14H,1H3,(H,15,16). The molecule has 0 radical (unpaired) electrons. The van der Waals surface area contributed by atoms with Crippen LogP contribution in [0.2, 0.25) is 0 Å². The van der Waals surface area contributed by atoms with Crippen LogP contribution in [0.15, 0.2) is 34.5 Å². The maximum absolute atomic E-state index is 13.2. The van der Waals surface area contributed by atoms with Crippen molar-refractivity contribution < 1.29 is 22.7 Å². The Kier molecular flexibility index (Phi) is 3.78. The molecular weight excluding hydrogens is 305 g/mol. The highest BCUT2D eigenvalue weighted by Gasteiger charge is 2.19. The van der Waals surface area contributed by atoms with Crippen LogP contribution in [-0.4, -0.2) is 19.5 Å². The molecule has 0 amide bonds. The smallest absolute Gasteiger partial charge is 0.345 e. The second-order valence-corrected chi connectivity index (χ2v) is 6.67. The first-order valence-corrected chi connectivity index (χ1v) is 7.76. The molecule has 8 heteroatoms. The van der Waals surface area contributed by atoms with E-state index in [2.05, 4.69) is 4.72 Å². The average Bonchev–Trinajstić information content (AvgIpc) is 2.76. The molecule has 0 aliphatic rings. The molecule has 0 saturated heterocycles. The number of aromatic carboxylic acids is 1. The van der Waals surface area contributed by atoms with Gasteiger partial charge in [-0.25, -0.2) is 17.6 Å². The van der Waals surface area contributed by atoms with Gasteiger partial charge in [-0.05, 0) is 36.8 Å². The lowest BCUT2D eigenvalue weighted by Gasteiger charge is -2.07. The number of anilines is 1. The third-order valence-electron chi connectivity index (χ3n) is 2.39. The predicted molar refractivity (Wildman–Crippen MR) is 73.2 cm³/mol. The van der Waals surface area contributed by atoms with E-state index in [4.69, 9.17) is 5.11 Å². The van der Waals surface area contributed by atoms with Crippen molar-refractivity contribution in [1.82, 2.24) is 0 Å². The number of hydrogen-bond donors (Lipinski definition) is 2. The molecule has 0 bridgehead atoms. The number of halogens is 1. The molecule has 0 aliphatic heterocycles. The monoisotopic (exact) mass is 315 g/mol. The van der Waals surface area contributed by atoms with Gasteiger partial charge in [-0.1, -0.05) is 0 Å². The van der Waals surface area contributed by atoms with E-state index < -0.39 is 21.8 Å². The van der Waals surface area contributed by atoms with Crippen molar-refractivity contribution in [3.8, 4) is 0 Å². The molecule has 20 heavy (non-hydrogen) atoms. The Morgan fingerprint density at radius 1 is 1.30 bits per heavy atom. The normalized spacial score (nSPS) is 11.3. The first kappa shape index (κ1) is 14.5. The summed E-state index contributed by atoms with van der Waals surface area (Å²) in [5.74, 6) is -1.75. The average molecular weight is 315 g/mol. The summed E-state index contributed by atoms with van der Waals surface area (Å²) in [7, 11) is -3.93. The van der Waals surface area contributed by atoms with Gasteiger partial charge >= 0.3 is 5.97 Å². The summed E-state index contributed by atoms with van der Waals surface area (Å²) in [5.41, 5.74) is 0.657. The van der Waals surface area contributed by atoms with E-state index in [1.165, 1.54) is 17.5 Å². The third-order valence-corrected chi connectivity index (χ3v) is 4.82. The number of carboxylic acid groups (broad SMARTS) is 1. The van der Waals surface area contributed by atoms with Crippen LogP contribution < -0.4 is 4.72 Å². The van der Waals surface area contributed by atoms with Gasteiger partial charge in [0.15, 0.2) is 0 Å². The molecule has 1 aromatic heterocycles. The van der Waals surface area contributed by atoms with Crippen LogP contribution in [-0.2, 0) is 10.0 Å². The van der Waals surface area contributed by atoms with Crippen molar-refractivity contribution in [3.63, 3.8) is 0 Å². The van der Waals surface area contributed by atoms with Crippen LogP contribution in [0.25, 0.3) is 0 Å². The number of carboxylic acids is 1. The van der Waals surface area contributed by atoms with Crippen molar-refractivity contribution >= 4 is 33.0 Å². The fraction of sp³-hybridized carbons (Fsp3) is 0.0833. The van der Waals surface area contributed by atoms with Crippen molar-refractivity contribution in [2.75, 3.05) is 4.72 Å². The Bertz CT molecular complexity index is 747. The van der Waals surface area contributed by atoms with E-state index in [1.807, 2.05) is 0 Å². The SMILES string of the molecule is Cc1cc(F)cc(NS(=O)(=O)c2csc(C(=O)O)c2)c1. The van der Waals surface area contributed by atoms with Gasteiger partial charge in [-0.2, -0.15) is 0 Å². The Balaban J connectivity index is 2.32. The molecule has 1 heterocycles. The highest BCUT2D eigenvalue weighted by Crippen LogP contribution is 2.23. The van der Waals surface area contributed by atoms with Crippen molar-refractivity contribution in [2.24, 2.45) is 0 Å². The van der Waals surface area contributed by atoms with Gasteiger partial charge in [-0.3, -0.25) is 4.72 Å². The number of benzene rings is 1. The number of rotatable bonds is 4. The number of sulfonamides is 1. The molecular formula is C12H10FNO4S2. The minimum atomic E-state index is -3.93.